The zero-order valence-electron chi connectivity index (χ0n) is 10.6. The average molecular weight is 399 g/mol. The Morgan fingerprint density at radius 3 is 1.46 bits per heavy atom. The second kappa shape index (κ2) is 5.59. The summed E-state index contributed by atoms with van der Waals surface area (Å²) in [5.74, 6) is 0. The molecular formula is C10H27NSn2. The van der Waals surface area contributed by atoms with Crippen molar-refractivity contribution in [1.82, 2.24) is 1.34 Å². The Morgan fingerprint density at radius 2 is 1.23 bits per heavy atom. The van der Waals surface area contributed by atoms with Crippen LogP contribution in [-0.2, 0) is 0 Å². The van der Waals surface area contributed by atoms with E-state index in [4.69, 9.17) is 0 Å². The first-order chi connectivity index (χ1) is 5.69. The van der Waals surface area contributed by atoms with Crippen molar-refractivity contribution in [1.29, 1.82) is 0 Å². The van der Waals surface area contributed by atoms with E-state index in [1.807, 2.05) is 0 Å². The van der Waals surface area contributed by atoms with Gasteiger partial charge in [0.15, 0.2) is 0 Å². The molecule has 0 aliphatic rings. The van der Waals surface area contributed by atoms with Crippen LogP contribution in [0.5, 0.6) is 0 Å². The first-order valence-corrected chi connectivity index (χ1v) is 25.1. The van der Waals surface area contributed by atoms with E-state index in [1.165, 1.54) is 19.4 Å². The van der Waals surface area contributed by atoms with Gasteiger partial charge in [0.1, 0.15) is 0 Å². The molecule has 0 N–H and O–H groups in total. The molecule has 0 amide bonds. The predicted octanol–water partition coefficient (Wildman–Crippen LogP) is 3.76. The Hall–Kier alpha value is 1.56. The zero-order chi connectivity index (χ0) is 10.7. The molecule has 0 aromatic heterocycles. The Balaban J connectivity index is 4.39. The summed E-state index contributed by atoms with van der Waals surface area (Å²) in [6.07, 6.45) is 2.75. The maximum absolute atomic E-state index is 3.01. The van der Waals surface area contributed by atoms with Crippen molar-refractivity contribution in [3.63, 3.8) is 0 Å². The molecule has 0 aromatic carbocycles. The van der Waals surface area contributed by atoms with Gasteiger partial charge in [-0.1, -0.05) is 0 Å². The van der Waals surface area contributed by atoms with Gasteiger partial charge in [-0.2, -0.15) is 0 Å². The second-order valence-electron chi connectivity index (χ2n) is 5.85. The van der Waals surface area contributed by atoms with E-state index in [0.29, 0.717) is 0 Å². The molecule has 3 heteroatoms. The van der Waals surface area contributed by atoms with Crippen LogP contribution in [-0.4, -0.2) is 45.2 Å². The number of hydrogen-bond acceptors (Lipinski definition) is 1. The van der Waals surface area contributed by atoms with Crippen LogP contribution < -0.4 is 0 Å². The third-order valence-electron chi connectivity index (χ3n) is 2.35. The minimum atomic E-state index is -1.76. The summed E-state index contributed by atoms with van der Waals surface area (Å²) in [6.45, 7) is 3.70. The molecule has 0 aliphatic carbocycles. The molecule has 0 unspecified atom stereocenters. The molecule has 0 bridgehead atoms. The van der Waals surface area contributed by atoms with E-state index in [-0.39, 0.29) is 0 Å². The molecule has 0 rings (SSSR count). The summed E-state index contributed by atoms with van der Waals surface area (Å²) in [4.78, 5) is 15.4. The van der Waals surface area contributed by atoms with Crippen LogP contribution in [0.4, 0.5) is 0 Å². The van der Waals surface area contributed by atoms with Crippen molar-refractivity contribution in [2.24, 2.45) is 0 Å². The molecule has 0 saturated carbocycles. The molecular weight excluding hydrogens is 372 g/mol. The topological polar surface area (TPSA) is 3.24 Å². The maximum atomic E-state index is 3.01. The molecule has 0 saturated heterocycles. The monoisotopic (exact) mass is 401 g/mol. The fraction of sp³-hybridized carbons (Fsp3) is 1.00. The SMILES string of the molecule is CCCC[N]([Sn]([CH3])([CH3])[CH3])[Sn]([CH3])([CH3])[CH3]. The van der Waals surface area contributed by atoms with E-state index in [1.54, 1.807) is 0 Å². The Morgan fingerprint density at radius 1 is 0.846 bits per heavy atom. The first-order valence-electron chi connectivity index (χ1n) is 5.47. The Bertz CT molecular complexity index is 130. The van der Waals surface area contributed by atoms with E-state index in [9.17, 15) is 0 Å². The molecule has 0 spiro atoms. The quantitative estimate of drug-likeness (QED) is 0.637. The van der Waals surface area contributed by atoms with Gasteiger partial charge in [-0.25, -0.2) is 0 Å². The van der Waals surface area contributed by atoms with E-state index >= 15 is 0 Å². The van der Waals surface area contributed by atoms with Crippen LogP contribution in [0.25, 0.3) is 0 Å². The summed E-state index contributed by atoms with van der Waals surface area (Å²) in [6, 6.07) is 0. The van der Waals surface area contributed by atoms with Crippen molar-refractivity contribution in [2.45, 2.75) is 49.4 Å². The molecule has 0 radical (unpaired) electrons. The van der Waals surface area contributed by atoms with Gasteiger partial charge in [0, 0.05) is 0 Å². The standard InChI is InChI=1S/C4H9N.6CH3.2Sn/c1-2-3-4-5;;;;;;;;/h2-4H2,1H3;6*1H3;;. The van der Waals surface area contributed by atoms with Gasteiger partial charge >= 0.3 is 94.6 Å². The summed E-state index contributed by atoms with van der Waals surface area (Å²) in [5, 5.41) is 0. The Kier molecular flexibility index (Phi) is 6.26. The van der Waals surface area contributed by atoms with Crippen molar-refractivity contribution in [2.75, 3.05) is 6.54 Å². The van der Waals surface area contributed by atoms with Gasteiger partial charge < -0.3 is 0 Å². The molecule has 13 heavy (non-hydrogen) atoms. The third-order valence-corrected chi connectivity index (χ3v) is 38.6. The summed E-state index contributed by atoms with van der Waals surface area (Å²) >= 11 is -3.51. The Labute approximate surface area is 93.7 Å². The van der Waals surface area contributed by atoms with Gasteiger partial charge in [0.2, 0.25) is 0 Å². The van der Waals surface area contributed by atoms with Crippen molar-refractivity contribution >= 4 is 37.3 Å². The number of hydrogen-bond donors (Lipinski definition) is 0. The average Bonchev–Trinajstić information content (AvgIpc) is 1.81. The number of unbranched alkanes of at least 4 members (excludes halogenated alkanes) is 1. The first kappa shape index (κ1) is 14.6. The minimum absolute atomic E-state index is 1.35. The van der Waals surface area contributed by atoms with Gasteiger partial charge in [-0.3, -0.25) is 0 Å². The molecule has 0 heterocycles. The third kappa shape index (κ3) is 5.87. The summed E-state index contributed by atoms with van der Waals surface area (Å²) in [7, 11) is 0. The van der Waals surface area contributed by atoms with Crippen LogP contribution in [0.3, 0.4) is 0 Å². The van der Waals surface area contributed by atoms with Gasteiger partial charge in [0.25, 0.3) is 0 Å². The predicted molar refractivity (Wildman–Crippen MR) is 68.3 cm³/mol. The zero-order valence-corrected chi connectivity index (χ0v) is 16.3. The van der Waals surface area contributed by atoms with Crippen molar-refractivity contribution in [3.8, 4) is 0 Å². The van der Waals surface area contributed by atoms with Gasteiger partial charge in [0.05, 0.1) is 0 Å². The molecule has 0 aromatic rings. The van der Waals surface area contributed by atoms with E-state index in [2.05, 4.69) is 37.9 Å². The second-order valence-corrected chi connectivity index (χ2v) is 37.4. The molecule has 1 nitrogen and oxygen atoms in total. The van der Waals surface area contributed by atoms with Crippen molar-refractivity contribution < 1.29 is 0 Å². The fourth-order valence-corrected chi connectivity index (χ4v) is 51.0. The van der Waals surface area contributed by atoms with Crippen LogP contribution in [0.1, 0.15) is 19.8 Å². The van der Waals surface area contributed by atoms with Crippen LogP contribution >= 0.6 is 0 Å². The summed E-state index contributed by atoms with van der Waals surface area (Å²) < 4.78 is 3.01. The van der Waals surface area contributed by atoms with Crippen molar-refractivity contribution in [3.05, 3.63) is 0 Å². The van der Waals surface area contributed by atoms with Crippen LogP contribution in [0, 0.1) is 0 Å². The summed E-state index contributed by atoms with van der Waals surface area (Å²) in [5.41, 5.74) is 0. The molecule has 0 fully saturated rings. The van der Waals surface area contributed by atoms with Crippen LogP contribution in [0.2, 0.25) is 29.6 Å². The normalized spacial score (nSPS) is 13.8. The molecule has 80 valence electrons. The fourth-order valence-electron chi connectivity index (χ4n) is 1.99. The van der Waals surface area contributed by atoms with Crippen LogP contribution in [0.15, 0.2) is 0 Å². The molecule has 0 atom stereocenters. The van der Waals surface area contributed by atoms with Gasteiger partial charge in [-0.05, 0) is 0 Å². The number of nitrogens with zero attached hydrogens (tertiary/aromatic N) is 1. The van der Waals surface area contributed by atoms with Gasteiger partial charge in [-0.15, -0.1) is 0 Å². The molecule has 0 aliphatic heterocycles. The van der Waals surface area contributed by atoms with E-state index in [0.717, 1.165) is 0 Å². The number of rotatable bonds is 5. The van der Waals surface area contributed by atoms with E-state index < -0.39 is 37.3 Å².